The van der Waals surface area contributed by atoms with Crippen molar-refractivity contribution in [2.75, 3.05) is 20.1 Å². The van der Waals surface area contributed by atoms with E-state index in [-0.39, 0.29) is 0 Å². The van der Waals surface area contributed by atoms with Gasteiger partial charge in [-0.2, -0.15) is 0 Å². The summed E-state index contributed by atoms with van der Waals surface area (Å²) in [5.41, 5.74) is 0.522. The lowest BCUT2D eigenvalue weighted by Crippen LogP contribution is -2.36. The summed E-state index contributed by atoms with van der Waals surface area (Å²) in [6, 6.07) is 0. The molecule has 0 radical (unpaired) electrons. The Labute approximate surface area is 83.5 Å². The molecule has 1 heteroatoms. The smallest absolute Gasteiger partial charge is 0.00166 e. The van der Waals surface area contributed by atoms with E-state index in [1.807, 2.05) is 0 Å². The van der Waals surface area contributed by atoms with Gasteiger partial charge in [-0.25, -0.2) is 0 Å². The molecule has 0 N–H and O–H groups in total. The fourth-order valence-corrected chi connectivity index (χ4v) is 2.26. The molecule has 1 fully saturated rings. The molecule has 0 amide bonds. The number of nitrogens with zero attached hydrogens (tertiary/aromatic N) is 1. The van der Waals surface area contributed by atoms with Gasteiger partial charge in [0.25, 0.3) is 0 Å². The van der Waals surface area contributed by atoms with Gasteiger partial charge in [0.2, 0.25) is 0 Å². The van der Waals surface area contributed by atoms with Crippen LogP contribution in [0.15, 0.2) is 0 Å². The highest BCUT2D eigenvalue weighted by Crippen LogP contribution is 2.38. The number of likely N-dealkylation sites (tertiary alicyclic amines) is 1. The first-order chi connectivity index (χ1) is 5.93. The molecule has 1 aliphatic heterocycles. The van der Waals surface area contributed by atoms with Crippen LogP contribution in [0.4, 0.5) is 0 Å². The van der Waals surface area contributed by atoms with Crippen molar-refractivity contribution >= 4 is 0 Å². The van der Waals surface area contributed by atoms with Crippen molar-refractivity contribution < 1.29 is 0 Å². The van der Waals surface area contributed by atoms with Crippen LogP contribution in [0.5, 0.6) is 0 Å². The highest BCUT2D eigenvalue weighted by molar-refractivity contribution is 4.82. The van der Waals surface area contributed by atoms with Gasteiger partial charge >= 0.3 is 0 Å². The molecule has 0 bridgehead atoms. The molecule has 0 aromatic carbocycles. The van der Waals surface area contributed by atoms with E-state index in [1.165, 1.54) is 25.9 Å². The summed E-state index contributed by atoms with van der Waals surface area (Å²) in [7, 11) is 2.25. The quantitative estimate of drug-likeness (QED) is 0.558. The maximum absolute atomic E-state index is 2.48. The summed E-state index contributed by atoms with van der Waals surface area (Å²) < 4.78 is 0. The van der Waals surface area contributed by atoms with Crippen LogP contribution in [0, 0.1) is 17.3 Å². The van der Waals surface area contributed by atoms with Gasteiger partial charge in [0, 0.05) is 0 Å². The Kier molecular flexibility index (Phi) is 3.39. The molecule has 0 spiro atoms. The minimum absolute atomic E-state index is 0.522. The zero-order chi connectivity index (χ0) is 10.1. The predicted molar refractivity (Wildman–Crippen MR) is 58.8 cm³/mol. The Morgan fingerprint density at radius 2 is 1.77 bits per heavy atom. The summed E-state index contributed by atoms with van der Waals surface area (Å²) >= 11 is 0. The maximum atomic E-state index is 2.48. The van der Waals surface area contributed by atoms with Crippen LogP contribution in [0.1, 0.15) is 40.5 Å². The van der Waals surface area contributed by atoms with Crippen molar-refractivity contribution in [3.8, 4) is 0 Å². The van der Waals surface area contributed by atoms with Gasteiger partial charge in [0.05, 0.1) is 0 Å². The fraction of sp³-hybridized carbons (Fsp3) is 1.00. The van der Waals surface area contributed by atoms with Crippen LogP contribution in [0.3, 0.4) is 0 Å². The molecular formula is C12H25N. The van der Waals surface area contributed by atoms with Crippen molar-refractivity contribution in [1.82, 2.24) is 4.90 Å². The monoisotopic (exact) mass is 183 g/mol. The second kappa shape index (κ2) is 4.00. The third kappa shape index (κ3) is 2.70. The highest BCUT2D eigenvalue weighted by Gasteiger charge is 2.31. The standard InChI is InChI=1S/C12H25N/c1-10-6-8-13(5)9-7-12(3,4)11(10)2/h10-11H,6-9H2,1-5H3. The van der Waals surface area contributed by atoms with E-state index in [9.17, 15) is 0 Å². The van der Waals surface area contributed by atoms with Crippen molar-refractivity contribution in [2.45, 2.75) is 40.5 Å². The van der Waals surface area contributed by atoms with Gasteiger partial charge in [0.1, 0.15) is 0 Å². The van der Waals surface area contributed by atoms with E-state index < -0.39 is 0 Å². The molecule has 0 saturated carbocycles. The SMILES string of the molecule is CC1CCN(C)CCC(C)(C)C1C. The minimum Gasteiger partial charge on any atom is -0.306 e. The van der Waals surface area contributed by atoms with Gasteiger partial charge in [-0.3, -0.25) is 0 Å². The van der Waals surface area contributed by atoms with Crippen LogP contribution in [0.2, 0.25) is 0 Å². The fourth-order valence-electron chi connectivity index (χ4n) is 2.26. The summed E-state index contributed by atoms with van der Waals surface area (Å²) in [5, 5.41) is 0. The molecule has 0 aliphatic carbocycles. The third-order valence-electron chi connectivity index (χ3n) is 4.19. The van der Waals surface area contributed by atoms with Gasteiger partial charge < -0.3 is 4.90 Å². The van der Waals surface area contributed by atoms with Crippen LogP contribution in [0.25, 0.3) is 0 Å². The summed E-state index contributed by atoms with van der Waals surface area (Å²) in [4.78, 5) is 2.48. The average Bonchev–Trinajstić information content (AvgIpc) is 2.08. The summed E-state index contributed by atoms with van der Waals surface area (Å²) in [6.07, 6.45) is 2.70. The lowest BCUT2D eigenvalue weighted by atomic mass is 9.70. The Morgan fingerprint density at radius 1 is 1.15 bits per heavy atom. The molecule has 2 atom stereocenters. The first-order valence-corrected chi connectivity index (χ1v) is 5.62. The normalized spacial score (nSPS) is 36.7. The Morgan fingerprint density at radius 3 is 2.38 bits per heavy atom. The van der Waals surface area contributed by atoms with Crippen molar-refractivity contribution in [1.29, 1.82) is 0 Å². The third-order valence-corrected chi connectivity index (χ3v) is 4.19. The topological polar surface area (TPSA) is 3.24 Å². The molecule has 1 nitrogen and oxygen atoms in total. The van der Waals surface area contributed by atoms with Crippen molar-refractivity contribution in [2.24, 2.45) is 17.3 Å². The second-order valence-electron chi connectivity index (χ2n) is 5.60. The van der Waals surface area contributed by atoms with Crippen molar-refractivity contribution in [3.05, 3.63) is 0 Å². The Bertz CT molecular complexity index is 163. The molecule has 1 rings (SSSR count). The lowest BCUT2D eigenvalue weighted by molar-refractivity contribution is 0.0975. The minimum atomic E-state index is 0.522. The molecular weight excluding hydrogens is 158 g/mol. The Hall–Kier alpha value is -0.0400. The van der Waals surface area contributed by atoms with Crippen LogP contribution in [-0.4, -0.2) is 25.0 Å². The van der Waals surface area contributed by atoms with E-state index in [2.05, 4.69) is 39.6 Å². The molecule has 2 unspecified atom stereocenters. The molecule has 78 valence electrons. The molecule has 13 heavy (non-hydrogen) atoms. The molecule has 0 aromatic rings. The average molecular weight is 183 g/mol. The predicted octanol–water partition coefficient (Wildman–Crippen LogP) is 3.01. The molecule has 1 heterocycles. The van der Waals surface area contributed by atoms with E-state index in [0.29, 0.717) is 5.41 Å². The largest absolute Gasteiger partial charge is 0.306 e. The first-order valence-electron chi connectivity index (χ1n) is 5.62. The van der Waals surface area contributed by atoms with Crippen molar-refractivity contribution in [3.63, 3.8) is 0 Å². The van der Waals surface area contributed by atoms with Gasteiger partial charge in [-0.1, -0.05) is 27.7 Å². The number of rotatable bonds is 0. The summed E-state index contributed by atoms with van der Waals surface area (Å²) in [6.45, 7) is 12.2. The number of hydrogen-bond donors (Lipinski definition) is 0. The van der Waals surface area contributed by atoms with Crippen LogP contribution >= 0.6 is 0 Å². The van der Waals surface area contributed by atoms with Gasteiger partial charge in [0.15, 0.2) is 0 Å². The second-order valence-corrected chi connectivity index (χ2v) is 5.60. The van der Waals surface area contributed by atoms with Gasteiger partial charge in [-0.15, -0.1) is 0 Å². The van der Waals surface area contributed by atoms with Gasteiger partial charge in [-0.05, 0) is 50.2 Å². The number of hydrogen-bond acceptors (Lipinski definition) is 1. The lowest BCUT2D eigenvalue weighted by Gasteiger charge is -2.40. The Balaban J connectivity index is 2.65. The highest BCUT2D eigenvalue weighted by atomic mass is 15.1. The summed E-state index contributed by atoms with van der Waals surface area (Å²) in [5.74, 6) is 1.74. The van der Waals surface area contributed by atoms with Crippen LogP contribution < -0.4 is 0 Å². The zero-order valence-corrected chi connectivity index (χ0v) is 9.93. The van der Waals surface area contributed by atoms with E-state index in [4.69, 9.17) is 0 Å². The van der Waals surface area contributed by atoms with E-state index >= 15 is 0 Å². The van der Waals surface area contributed by atoms with E-state index in [0.717, 1.165) is 11.8 Å². The molecule has 1 aliphatic rings. The first kappa shape index (κ1) is 11.0. The van der Waals surface area contributed by atoms with E-state index in [1.54, 1.807) is 0 Å². The maximum Gasteiger partial charge on any atom is -0.00166 e. The molecule has 0 aromatic heterocycles. The van der Waals surface area contributed by atoms with Crippen LogP contribution in [-0.2, 0) is 0 Å². The zero-order valence-electron chi connectivity index (χ0n) is 9.93. The molecule has 1 saturated heterocycles.